The second-order valence-electron chi connectivity index (χ2n) is 6.53. The Morgan fingerprint density at radius 1 is 1.17 bits per heavy atom. The van der Waals surface area contributed by atoms with Crippen LogP contribution >= 0.6 is 23.2 Å². The predicted molar refractivity (Wildman–Crippen MR) is 111 cm³/mol. The number of anilines is 1. The van der Waals surface area contributed by atoms with Crippen LogP contribution in [-0.2, 0) is 20.7 Å². The van der Waals surface area contributed by atoms with Gasteiger partial charge in [-0.3, -0.25) is 9.59 Å². The van der Waals surface area contributed by atoms with Crippen LogP contribution in [0.25, 0.3) is 0 Å². The average Bonchev–Trinajstić information content (AvgIpc) is 2.97. The fourth-order valence-electron chi connectivity index (χ4n) is 3.13. The summed E-state index contributed by atoms with van der Waals surface area (Å²) in [6.45, 7) is 2.49. The van der Waals surface area contributed by atoms with Gasteiger partial charge in [0, 0.05) is 10.0 Å². The van der Waals surface area contributed by atoms with E-state index in [1.54, 1.807) is 31.2 Å². The standard InChI is InChI=1S/C21H20Cl2N2O4/c1-2-29-21(28)14-4-7-16(8-5-14)25-19(26)12-18(20(25)27)24-10-9-13-3-6-15(22)11-17(13)23/h3-8,11,18,24H,2,9-10,12H2,1H3/t18-/m1/s1. The van der Waals surface area contributed by atoms with Crippen LogP contribution in [0, 0.1) is 0 Å². The number of amides is 2. The first-order valence-electron chi connectivity index (χ1n) is 9.22. The zero-order valence-corrected chi connectivity index (χ0v) is 17.3. The molecule has 1 aliphatic heterocycles. The summed E-state index contributed by atoms with van der Waals surface area (Å²) in [5.74, 6) is -1.06. The first-order valence-corrected chi connectivity index (χ1v) is 9.97. The Labute approximate surface area is 178 Å². The summed E-state index contributed by atoms with van der Waals surface area (Å²) in [7, 11) is 0. The molecule has 0 aromatic heterocycles. The van der Waals surface area contributed by atoms with Crippen LogP contribution in [0.4, 0.5) is 5.69 Å². The molecule has 0 spiro atoms. The minimum absolute atomic E-state index is 0.0762. The number of esters is 1. The SMILES string of the molecule is CCOC(=O)c1ccc(N2C(=O)C[C@@H](NCCc3ccc(Cl)cc3Cl)C2=O)cc1. The smallest absolute Gasteiger partial charge is 0.338 e. The van der Waals surface area contributed by atoms with Crippen molar-refractivity contribution in [3.05, 3.63) is 63.6 Å². The molecular formula is C21H20Cl2N2O4. The van der Waals surface area contributed by atoms with E-state index in [-0.39, 0.29) is 24.8 Å². The molecule has 1 atom stereocenters. The fraction of sp³-hybridized carbons (Fsp3) is 0.286. The highest BCUT2D eigenvalue weighted by Gasteiger charge is 2.39. The lowest BCUT2D eigenvalue weighted by Crippen LogP contribution is -2.39. The van der Waals surface area contributed by atoms with Gasteiger partial charge >= 0.3 is 5.97 Å². The Kier molecular flexibility index (Phi) is 6.90. The maximum atomic E-state index is 12.7. The summed E-state index contributed by atoms with van der Waals surface area (Å²) >= 11 is 12.1. The Hall–Kier alpha value is -2.41. The van der Waals surface area contributed by atoms with Crippen LogP contribution in [0.3, 0.4) is 0 Å². The number of halogens is 2. The number of imide groups is 1. The van der Waals surface area contributed by atoms with Crippen LogP contribution in [0.15, 0.2) is 42.5 Å². The van der Waals surface area contributed by atoms with Gasteiger partial charge in [-0.15, -0.1) is 0 Å². The molecule has 8 heteroatoms. The van der Waals surface area contributed by atoms with E-state index >= 15 is 0 Å². The summed E-state index contributed by atoms with van der Waals surface area (Å²) in [6, 6.07) is 10.9. The molecule has 1 fully saturated rings. The molecule has 0 saturated carbocycles. The Balaban J connectivity index is 1.61. The van der Waals surface area contributed by atoms with Crippen molar-refractivity contribution < 1.29 is 19.1 Å². The molecule has 2 aromatic carbocycles. The molecule has 6 nitrogen and oxygen atoms in total. The van der Waals surface area contributed by atoms with Gasteiger partial charge in [0.1, 0.15) is 0 Å². The molecule has 1 aliphatic rings. The van der Waals surface area contributed by atoms with Crippen molar-refractivity contribution in [2.75, 3.05) is 18.1 Å². The number of carbonyl (C=O) groups is 3. The Morgan fingerprint density at radius 3 is 2.55 bits per heavy atom. The summed E-state index contributed by atoms with van der Waals surface area (Å²) < 4.78 is 4.94. The third-order valence-electron chi connectivity index (χ3n) is 4.58. The molecule has 1 heterocycles. The maximum Gasteiger partial charge on any atom is 0.338 e. The number of benzene rings is 2. The van der Waals surface area contributed by atoms with Gasteiger partial charge in [0.15, 0.2) is 0 Å². The van der Waals surface area contributed by atoms with Crippen molar-refractivity contribution in [2.24, 2.45) is 0 Å². The minimum atomic E-state index is -0.599. The Bertz CT molecular complexity index is 931. The number of nitrogens with zero attached hydrogens (tertiary/aromatic N) is 1. The summed E-state index contributed by atoms with van der Waals surface area (Å²) in [4.78, 5) is 38.0. The summed E-state index contributed by atoms with van der Waals surface area (Å²) in [6.07, 6.45) is 0.676. The minimum Gasteiger partial charge on any atom is -0.462 e. The zero-order valence-electron chi connectivity index (χ0n) is 15.8. The molecule has 0 radical (unpaired) electrons. The predicted octanol–water partition coefficient (Wildman–Crippen LogP) is 3.63. The lowest BCUT2D eigenvalue weighted by Gasteiger charge is -2.16. The molecule has 0 bridgehead atoms. The van der Waals surface area contributed by atoms with E-state index in [2.05, 4.69) is 5.32 Å². The first kappa shape index (κ1) is 21.3. The van der Waals surface area contributed by atoms with Gasteiger partial charge in [-0.1, -0.05) is 29.3 Å². The van der Waals surface area contributed by atoms with Gasteiger partial charge in [0.25, 0.3) is 5.91 Å². The van der Waals surface area contributed by atoms with E-state index < -0.39 is 12.0 Å². The highest BCUT2D eigenvalue weighted by atomic mass is 35.5. The van der Waals surface area contributed by atoms with E-state index in [9.17, 15) is 14.4 Å². The van der Waals surface area contributed by atoms with Gasteiger partial charge in [0.2, 0.25) is 5.91 Å². The van der Waals surface area contributed by atoms with Crippen LogP contribution in [-0.4, -0.2) is 37.0 Å². The summed E-state index contributed by atoms with van der Waals surface area (Å²) in [5, 5.41) is 4.25. The van der Waals surface area contributed by atoms with Gasteiger partial charge in [-0.25, -0.2) is 9.69 Å². The molecule has 2 amide bonds. The molecule has 1 saturated heterocycles. The van der Waals surface area contributed by atoms with E-state index in [0.29, 0.717) is 34.3 Å². The molecular weight excluding hydrogens is 415 g/mol. The lowest BCUT2D eigenvalue weighted by molar-refractivity contribution is -0.121. The maximum absolute atomic E-state index is 12.7. The number of ether oxygens (including phenoxy) is 1. The van der Waals surface area contributed by atoms with E-state index in [4.69, 9.17) is 27.9 Å². The molecule has 1 N–H and O–H groups in total. The quantitative estimate of drug-likeness (QED) is 0.531. The normalized spacial score (nSPS) is 16.4. The molecule has 152 valence electrons. The third kappa shape index (κ3) is 4.96. The van der Waals surface area contributed by atoms with Gasteiger partial charge < -0.3 is 10.1 Å². The van der Waals surface area contributed by atoms with Gasteiger partial charge in [0.05, 0.1) is 30.3 Å². The largest absolute Gasteiger partial charge is 0.462 e. The van der Waals surface area contributed by atoms with Crippen LogP contribution in [0.5, 0.6) is 0 Å². The monoisotopic (exact) mass is 434 g/mol. The molecule has 3 rings (SSSR count). The van der Waals surface area contributed by atoms with E-state index in [1.165, 1.54) is 12.1 Å². The number of hydrogen-bond donors (Lipinski definition) is 1. The fourth-order valence-corrected chi connectivity index (χ4v) is 3.63. The van der Waals surface area contributed by atoms with Crippen LogP contribution in [0.1, 0.15) is 29.3 Å². The van der Waals surface area contributed by atoms with Gasteiger partial charge in [-0.2, -0.15) is 0 Å². The van der Waals surface area contributed by atoms with Crippen molar-refractivity contribution in [1.82, 2.24) is 5.32 Å². The first-order chi connectivity index (χ1) is 13.9. The van der Waals surface area contributed by atoms with E-state index in [1.807, 2.05) is 6.07 Å². The second-order valence-corrected chi connectivity index (χ2v) is 7.37. The Morgan fingerprint density at radius 2 is 1.90 bits per heavy atom. The molecule has 0 unspecified atom stereocenters. The second kappa shape index (κ2) is 9.39. The van der Waals surface area contributed by atoms with Crippen molar-refractivity contribution >= 4 is 46.7 Å². The zero-order chi connectivity index (χ0) is 21.0. The number of carbonyl (C=O) groups excluding carboxylic acids is 3. The van der Waals surface area contributed by atoms with Crippen molar-refractivity contribution in [3.63, 3.8) is 0 Å². The lowest BCUT2D eigenvalue weighted by atomic mass is 10.1. The number of nitrogens with one attached hydrogen (secondary N) is 1. The van der Waals surface area contributed by atoms with Crippen molar-refractivity contribution in [1.29, 1.82) is 0 Å². The molecule has 29 heavy (non-hydrogen) atoms. The van der Waals surface area contributed by atoms with Gasteiger partial charge in [-0.05, 0) is 61.9 Å². The topological polar surface area (TPSA) is 75.7 Å². The average molecular weight is 435 g/mol. The van der Waals surface area contributed by atoms with E-state index in [0.717, 1.165) is 10.5 Å². The van der Waals surface area contributed by atoms with Crippen molar-refractivity contribution in [3.8, 4) is 0 Å². The number of hydrogen-bond acceptors (Lipinski definition) is 5. The highest BCUT2D eigenvalue weighted by molar-refractivity contribution is 6.35. The van der Waals surface area contributed by atoms with Crippen LogP contribution in [0.2, 0.25) is 10.0 Å². The van der Waals surface area contributed by atoms with Crippen LogP contribution < -0.4 is 10.2 Å². The highest BCUT2D eigenvalue weighted by Crippen LogP contribution is 2.24. The summed E-state index contributed by atoms with van der Waals surface area (Å²) in [5.41, 5.74) is 1.70. The molecule has 2 aromatic rings. The third-order valence-corrected chi connectivity index (χ3v) is 5.17. The van der Waals surface area contributed by atoms with Crippen molar-refractivity contribution in [2.45, 2.75) is 25.8 Å². The molecule has 0 aliphatic carbocycles. The number of rotatable bonds is 7.